The maximum absolute atomic E-state index is 11.2. The van der Waals surface area contributed by atoms with Crippen molar-refractivity contribution in [3.63, 3.8) is 0 Å². The fraction of sp³-hybridized carbons (Fsp3) is 0. The van der Waals surface area contributed by atoms with Gasteiger partial charge in [0, 0.05) is 6.20 Å². The van der Waals surface area contributed by atoms with Crippen LogP contribution in [0.4, 0.5) is 0 Å². The van der Waals surface area contributed by atoms with Crippen LogP contribution in [0.2, 0.25) is 0 Å². The molecule has 0 saturated carbocycles. The smallest absolute Gasteiger partial charge is 0.320 e. The Kier molecular flexibility index (Phi) is 2.74. The second-order valence-corrected chi connectivity index (χ2v) is 6.39. The second-order valence-electron chi connectivity index (χ2n) is 3.30. The molecule has 0 amide bonds. The highest BCUT2D eigenvalue weighted by atomic mass is 31.2. The summed E-state index contributed by atoms with van der Waals surface area (Å²) in [6, 6.07) is 3.90. The van der Waals surface area contributed by atoms with Crippen LogP contribution in [0.3, 0.4) is 0 Å². The zero-order valence-electron chi connectivity index (χ0n) is 8.20. The van der Waals surface area contributed by atoms with Gasteiger partial charge < -0.3 is 19.6 Å². The fourth-order valence-corrected chi connectivity index (χ4v) is 2.58. The number of fused-ring (bicyclic) bond motifs is 1. The molecule has 2 aromatic heterocycles. The third-order valence-electron chi connectivity index (χ3n) is 2.05. The van der Waals surface area contributed by atoms with E-state index in [0.717, 1.165) is 10.6 Å². The Labute approximate surface area is 94.9 Å². The summed E-state index contributed by atoms with van der Waals surface area (Å²) in [6.07, 6.45) is 0.921. The van der Waals surface area contributed by atoms with Gasteiger partial charge in [-0.2, -0.15) is 0 Å². The van der Waals surface area contributed by atoms with Crippen LogP contribution < -0.4 is 10.9 Å². The molecule has 2 heterocycles. The standard InChI is InChI=1S/C7H8N2O6P2/c10-16(11,12)6-4-9-5(8-6)2-1-3-7(9)17(13,14)15/h1-4H,(H2,10,11,12)(H2,13,14,15). The van der Waals surface area contributed by atoms with E-state index < -0.39 is 20.6 Å². The van der Waals surface area contributed by atoms with Crippen LogP contribution in [-0.2, 0) is 9.13 Å². The van der Waals surface area contributed by atoms with Crippen molar-refractivity contribution >= 4 is 31.7 Å². The highest BCUT2D eigenvalue weighted by Crippen LogP contribution is 2.35. The van der Waals surface area contributed by atoms with Crippen LogP contribution in [0.15, 0.2) is 24.4 Å². The molecule has 0 spiro atoms. The number of aromatic nitrogens is 2. The fourth-order valence-electron chi connectivity index (χ4n) is 1.36. The third-order valence-corrected chi connectivity index (χ3v) is 3.83. The lowest BCUT2D eigenvalue weighted by Gasteiger charge is -2.05. The number of hydrogen-bond acceptors (Lipinski definition) is 3. The van der Waals surface area contributed by atoms with Crippen molar-refractivity contribution in [1.82, 2.24) is 9.38 Å². The van der Waals surface area contributed by atoms with Crippen LogP contribution in [0, 0.1) is 0 Å². The van der Waals surface area contributed by atoms with Gasteiger partial charge in [-0.15, -0.1) is 0 Å². The van der Waals surface area contributed by atoms with Gasteiger partial charge in [0.2, 0.25) is 0 Å². The van der Waals surface area contributed by atoms with Crippen molar-refractivity contribution < 1.29 is 28.7 Å². The minimum absolute atomic E-state index is 0.0594. The summed E-state index contributed by atoms with van der Waals surface area (Å²) < 4.78 is 23.1. The molecule has 4 N–H and O–H groups in total. The monoisotopic (exact) mass is 278 g/mol. The second kappa shape index (κ2) is 3.74. The van der Waals surface area contributed by atoms with Crippen molar-refractivity contribution in [3.05, 3.63) is 24.4 Å². The molecule has 0 unspecified atom stereocenters. The van der Waals surface area contributed by atoms with Crippen LogP contribution in [0.1, 0.15) is 0 Å². The van der Waals surface area contributed by atoms with Gasteiger partial charge in [0.05, 0.1) is 0 Å². The van der Waals surface area contributed by atoms with Crippen LogP contribution in [0.5, 0.6) is 0 Å². The molecular formula is C7H8N2O6P2. The molecule has 0 aromatic carbocycles. The van der Waals surface area contributed by atoms with Crippen molar-refractivity contribution in [2.75, 3.05) is 0 Å². The van der Waals surface area contributed by atoms with Gasteiger partial charge in [0.25, 0.3) is 0 Å². The van der Waals surface area contributed by atoms with Gasteiger partial charge in [-0.3, -0.25) is 13.5 Å². The summed E-state index contributed by atoms with van der Waals surface area (Å²) in [5.74, 6) is 0. The highest BCUT2D eigenvalue weighted by molar-refractivity contribution is 7.60. The van der Waals surface area contributed by atoms with Gasteiger partial charge in [0.15, 0.2) is 5.44 Å². The lowest BCUT2D eigenvalue weighted by atomic mass is 10.5. The summed E-state index contributed by atoms with van der Waals surface area (Å²) in [4.78, 5) is 39.6. The molecule has 2 aromatic rings. The first-order chi connectivity index (χ1) is 7.69. The minimum atomic E-state index is -4.55. The number of imidazole rings is 1. The summed E-state index contributed by atoms with van der Waals surface area (Å²) >= 11 is 0. The molecular weight excluding hydrogens is 270 g/mol. The molecule has 2 rings (SSSR count). The van der Waals surface area contributed by atoms with E-state index in [1.807, 2.05) is 0 Å². The van der Waals surface area contributed by atoms with Crippen molar-refractivity contribution in [3.8, 4) is 0 Å². The van der Waals surface area contributed by atoms with Gasteiger partial charge >= 0.3 is 15.2 Å². The molecule has 92 valence electrons. The predicted molar refractivity (Wildman–Crippen MR) is 58.5 cm³/mol. The zero-order chi connectivity index (χ0) is 12.8. The van der Waals surface area contributed by atoms with E-state index in [1.54, 1.807) is 0 Å². The maximum Gasteiger partial charge on any atom is 0.376 e. The first kappa shape index (κ1) is 12.4. The Hall–Kier alpha value is -1.01. The van der Waals surface area contributed by atoms with Gasteiger partial charge in [-0.05, 0) is 12.1 Å². The van der Waals surface area contributed by atoms with E-state index in [2.05, 4.69) is 4.98 Å². The molecule has 0 aliphatic rings. The van der Waals surface area contributed by atoms with Crippen LogP contribution >= 0.6 is 15.2 Å². The van der Waals surface area contributed by atoms with Gasteiger partial charge in [-0.1, -0.05) is 6.07 Å². The van der Waals surface area contributed by atoms with Crippen LogP contribution in [-0.4, -0.2) is 29.0 Å². The Morgan fingerprint density at radius 3 is 2.24 bits per heavy atom. The first-order valence-electron chi connectivity index (χ1n) is 4.30. The molecule has 0 aliphatic heterocycles. The van der Waals surface area contributed by atoms with E-state index in [0.29, 0.717) is 0 Å². The lowest BCUT2D eigenvalue weighted by molar-refractivity contribution is 0.383. The molecule has 17 heavy (non-hydrogen) atoms. The summed E-state index contributed by atoms with van der Waals surface area (Å²) in [7, 11) is -9.08. The molecule has 0 radical (unpaired) electrons. The van der Waals surface area contributed by atoms with Crippen molar-refractivity contribution in [1.29, 1.82) is 0 Å². The SMILES string of the molecule is O=P(O)(O)c1cn2c(P(=O)(O)O)cccc2n1. The van der Waals surface area contributed by atoms with E-state index in [-0.39, 0.29) is 11.1 Å². The lowest BCUT2D eigenvalue weighted by Crippen LogP contribution is -2.13. The molecule has 0 atom stereocenters. The van der Waals surface area contributed by atoms with Crippen LogP contribution in [0.25, 0.3) is 5.65 Å². The highest BCUT2D eigenvalue weighted by Gasteiger charge is 2.25. The number of rotatable bonds is 2. The average Bonchev–Trinajstić information content (AvgIpc) is 2.57. The molecule has 0 fully saturated rings. The Morgan fingerprint density at radius 1 is 1.06 bits per heavy atom. The number of pyridine rings is 1. The Balaban J connectivity index is 2.79. The van der Waals surface area contributed by atoms with E-state index in [1.165, 1.54) is 18.2 Å². The van der Waals surface area contributed by atoms with Crippen molar-refractivity contribution in [2.45, 2.75) is 0 Å². The molecule has 0 saturated heterocycles. The molecule has 10 heteroatoms. The van der Waals surface area contributed by atoms with Gasteiger partial charge in [-0.25, -0.2) is 4.98 Å². The zero-order valence-corrected chi connectivity index (χ0v) is 9.99. The summed E-state index contributed by atoms with van der Waals surface area (Å²) in [5.41, 5.74) is -0.843. The van der Waals surface area contributed by atoms with E-state index in [9.17, 15) is 9.13 Å². The number of hydrogen-bond donors (Lipinski definition) is 4. The Morgan fingerprint density at radius 2 is 1.71 bits per heavy atom. The summed E-state index contributed by atoms with van der Waals surface area (Å²) in [6.45, 7) is 0. The minimum Gasteiger partial charge on any atom is -0.320 e. The third kappa shape index (κ3) is 2.32. The normalized spacial score (nSPS) is 13.2. The molecule has 8 nitrogen and oxygen atoms in total. The van der Waals surface area contributed by atoms with E-state index >= 15 is 0 Å². The predicted octanol–water partition coefficient (Wildman–Crippen LogP) is -1.06. The quantitative estimate of drug-likeness (QED) is 0.514. The maximum atomic E-state index is 11.2. The number of nitrogens with zero attached hydrogens (tertiary/aromatic N) is 2. The summed E-state index contributed by atoms with van der Waals surface area (Å²) in [5, 5.41) is 0. The average molecular weight is 278 g/mol. The first-order valence-corrected chi connectivity index (χ1v) is 7.52. The van der Waals surface area contributed by atoms with Crippen molar-refractivity contribution in [2.24, 2.45) is 0 Å². The largest absolute Gasteiger partial charge is 0.376 e. The molecule has 0 bridgehead atoms. The molecule has 0 aliphatic carbocycles. The topological polar surface area (TPSA) is 132 Å². The van der Waals surface area contributed by atoms with E-state index in [4.69, 9.17) is 19.6 Å². The Bertz CT molecular complexity index is 668. The van der Waals surface area contributed by atoms with Gasteiger partial charge in [0.1, 0.15) is 11.1 Å².